The number of carbonyl (C=O) groups excluding carboxylic acids is 4. The molecule has 54 heavy (non-hydrogen) atoms. The highest BCUT2D eigenvalue weighted by molar-refractivity contribution is 8.00. The molecule has 3 aliphatic rings. The number of carbonyl (C=O) groups is 4. The first-order valence-electron chi connectivity index (χ1n) is 20.2. The van der Waals surface area contributed by atoms with Crippen molar-refractivity contribution in [2.45, 2.75) is 161 Å². The van der Waals surface area contributed by atoms with Crippen molar-refractivity contribution >= 4 is 41.2 Å². The van der Waals surface area contributed by atoms with E-state index in [4.69, 9.17) is 25.7 Å². The first-order chi connectivity index (χ1) is 25.4. The molecule has 11 heteroatoms. The van der Waals surface area contributed by atoms with Crippen LogP contribution in [-0.4, -0.2) is 66.7 Å². The standard InChI is InChI=1S/C37H57N3O6S.C6H12O/c1-24-13-14-27-21-37(24,7)30(22-36(6,33(44)25(27)2)19-20-40-34(38)39)45-32(43)23-47-28-17-15-26(16-18-28)29(41)11-9-8-10-12-31(42)46-35(3,4)5;1-7-6-4-2-3-5-6/h15-18,24-25,27,30H,8-14,19-23H2,1-7H3,(H4,38,39,40);6H,2-5H2,1H3/t24-,25-,27+,30-,36+,37+;/m1./s1. The molecule has 0 unspecified atom stereocenters. The van der Waals surface area contributed by atoms with Crippen LogP contribution in [-0.2, 0) is 28.6 Å². The fraction of sp³-hybridized carbons (Fsp3) is 0.744. The molecule has 0 saturated heterocycles. The van der Waals surface area contributed by atoms with Gasteiger partial charge in [-0.2, -0.15) is 0 Å². The van der Waals surface area contributed by atoms with Crippen molar-refractivity contribution in [3.63, 3.8) is 0 Å². The highest BCUT2D eigenvalue weighted by Gasteiger charge is 2.54. The number of nitrogens with zero attached hydrogens (tertiary/aromatic N) is 1. The van der Waals surface area contributed by atoms with Gasteiger partial charge in [0.1, 0.15) is 17.5 Å². The van der Waals surface area contributed by atoms with Crippen LogP contribution in [0.2, 0.25) is 0 Å². The van der Waals surface area contributed by atoms with E-state index >= 15 is 0 Å². The quantitative estimate of drug-likeness (QED) is 0.0442. The van der Waals surface area contributed by atoms with Crippen molar-refractivity contribution in [3.05, 3.63) is 29.8 Å². The summed E-state index contributed by atoms with van der Waals surface area (Å²) in [6, 6.07) is 7.31. The smallest absolute Gasteiger partial charge is 0.316 e. The monoisotopic (exact) mass is 771 g/mol. The second-order valence-electron chi connectivity index (χ2n) is 17.4. The Balaban J connectivity index is 0.00000100. The lowest BCUT2D eigenvalue weighted by Crippen LogP contribution is -2.53. The Kier molecular flexibility index (Phi) is 17.5. The lowest BCUT2D eigenvalue weighted by molar-refractivity contribution is -0.171. The van der Waals surface area contributed by atoms with Crippen LogP contribution in [0.4, 0.5) is 0 Å². The molecule has 0 radical (unpaired) electrons. The van der Waals surface area contributed by atoms with Gasteiger partial charge in [0.25, 0.3) is 0 Å². The van der Waals surface area contributed by atoms with E-state index in [0.717, 1.165) is 30.6 Å². The predicted molar refractivity (Wildman–Crippen MR) is 216 cm³/mol. The van der Waals surface area contributed by atoms with Crippen molar-refractivity contribution in [1.82, 2.24) is 0 Å². The summed E-state index contributed by atoms with van der Waals surface area (Å²) >= 11 is 1.38. The Hall–Kier alpha value is -2.92. The zero-order chi connectivity index (χ0) is 40.1. The van der Waals surface area contributed by atoms with E-state index in [9.17, 15) is 19.2 Å². The van der Waals surface area contributed by atoms with Crippen LogP contribution < -0.4 is 11.5 Å². The van der Waals surface area contributed by atoms with Crippen molar-refractivity contribution < 1.29 is 33.4 Å². The zero-order valence-corrected chi connectivity index (χ0v) is 35.2. The Labute approximate surface area is 329 Å². The third kappa shape index (κ3) is 14.0. The summed E-state index contributed by atoms with van der Waals surface area (Å²) in [5, 5.41) is 0. The molecule has 6 atom stereocenters. The topological polar surface area (TPSA) is 160 Å². The first kappa shape index (κ1) is 45.5. The molecule has 2 bridgehead atoms. The molecule has 0 heterocycles. The number of ketones is 2. The van der Waals surface area contributed by atoms with Crippen LogP contribution in [0.15, 0.2) is 34.2 Å². The highest BCUT2D eigenvalue weighted by atomic mass is 32.2. The lowest BCUT2D eigenvalue weighted by Gasteiger charge is -2.53. The number of guanidine groups is 1. The number of unbranched alkanes of at least 4 members (excludes halogenated alkanes) is 2. The van der Waals surface area contributed by atoms with Crippen molar-refractivity contribution in [1.29, 1.82) is 0 Å². The SMILES string of the molecule is COC1CCCC1.C[C@@H]1CC[C@H]2C[C@]1(C)[C@H](OC(=O)CSc1ccc(C(=O)CCCCCC(=O)OC(C)(C)C)cc1)C[C@](C)(CCN=C(N)N)C(=O)[C@@H]2C. The van der Waals surface area contributed by atoms with E-state index in [2.05, 4.69) is 25.8 Å². The van der Waals surface area contributed by atoms with Gasteiger partial charge in [0, 0.05) is 53.7 Å². The fourth-order valence-corrected chi connectivity index (χ4v) is 9.02. The van der Waals surface area contributed by atoms with Gasteiger partial charge in [0.05, 0.1) is 11.9 Å². The number of Topliss-reactive ketones (excluding diaryl/α,β-unsaturated/α-hetero) is 2. The van der Waals surface area contributed by atoms with Gasteiger partial charge in [-0.1, -0.05) is 59.1 Å². The molecule has 1 aromatic carbocycles. The average molecular weight is 772 g/mol. The van der Waals surface area contributed by atoms with Gasteiger partial charge in [-0.15, -0.1) is 11.8 Å². The molecule has 0 aromatic heterocycles. The maximum atomic E-state index is 13.9. The summed E-state index contributed by atoms with van der Waals surface area (Å²) in [5.74, 6) is 0.401. The van der Waals surface area contributed by atoms with E-state index in [1.165, 1.54) is 37.4 Å². The molecule has 4 rings (SSSR count). The van der Waals surface area contributed by atoms with Crippen LogP contribution in [0.5, 0.6) is 0 Å². The number of esters is 2. The van der Waals surface area contributed by atoms with Crippen molar-refractivity contribution in [3.8, 4) is 0 Å². The number of benzene rings is 1. The van der Waals surface area contributed by atoms with Gasteiger partial charge in [-0.3, -0.25) is 24.2 Å². The molecule has 4 N–H and O–H groups in total. The molecule has 0 amide bonds. The molecular formula is C43H69N3O7S. The Morgan fingerprint density at radius 2 is 1.56 bits per heavy atom. The largest absolute Gasteiger partial charge is 0.461 e. The molecule has 1 aromatic rings. The van der Waals surface area contributed by atoms with Gasteiger partial charge in [-0.05, 0) is 103 Å². The second-order valence-corrected chi connectivity index (χ2v) is 18.5. The van der Waals surface area contributed by atoms with Crippen LogP contribution >= 0.6 is 11.8 Å². The molecule has 3 aliphatic carbocycles. The van der Waals surface area contributed by atoms with Gasteiger partial charge in [0.2, 0.25) is 0 Å². The Morgan fingerprint density at radius 1 is 0.907 bits per heavy atom. The maximum Gasteiger partial charge on any atom is 0.316 e. The highest BCUT2D eigenvalue weighted by Crippen LogP contribution is 2.54. The number of hydrogen-bond acceptors (Lipinski definition) is 9. The van der Waals surface area contributed by atoms with E-state index in [-0.39, 0.29) is 52.5 Å². The number of nitrogens with two attached hydrogens (primary N) is 2. The Bertz CT molecular complexity index is 1420. The molecule has 0 spiro atoms. The van der Waals surface area contributed by atoms with E-state index in [1.807, 2.05) is 39.8 Å². The minimum atomic E-state index is -0.714. The Morgan fingerprint density at radius 3 is 2.15 bits per heavy atom. The average Bonchev–Trinajstić information content (AvgIpc) is 3.64. The third-order valence-electron chi connectivity index (χ3n) is 12.0. The zero-order valence-electron chi connectivity index (χ0n) is 34.4. The van der Waals surface area contributed by atoms with Gasteiger partial charge >= 0.3 is 11.9 Å². The van der Waals surface area contributed by atoms with E-state index in [0.29, 0.717) is 62.7 Å². The van der Waals surface area contributed by atoms with Crippen molar-refractivity contribution in [2.75, 3.05) is 19.4 Å². The third-order valence-corrected chi connectivity index (χ3v) is 13.0. The number of methoxy groups -OCH3 is 1. The van der Waals surface area contributed by atoms with Crippen LogP contribution in [0.3, 0.4) is 0 Å². The summed E-state index contributed by atoms with van der Waals surface area (Å²) in [4.78, 5) is 56.8. The molecule has 3 fully saturated rings. The fourth-order valence-electron chi connectivity index (χ4n) is 8.34. The van der Waals surface area contributed by atoms with Crippen molar-refractivity contribution in [2.24, 2.45) is 45.0 Å². The normalized spacial score (nSPS) is 27.1. The van der Waals surface area contributed by atoms with Gasteiger partial charge in [0.15, 0.2) is 11.7 Å². The summed E-state index contributed by atoms with van der Waals surface area (Å²) < 4.78 is 16.7. The molecule has 304 valence electrons. The number of rotatable bonds is 15. The van der Waals surface area contributed by atoms with Gasteiger partial charge < -0.3 is 25.7 Å². The van der Waals surface area contributed by atoms with Gasteiger partial charge in [-0.25, -0.2) is 0 Å². The summed E-state index contributed by atoms with van der Waals surface area (Å²) in [6.45, 7) is 14.4. The molecule has 3 saturated carbocycles. The number of fused-ring (bicyclic) bond motifs is 2. The number of thioether (sulfide) groups is 1. The number of ether oxygens (including phenoxy) is 3. The number of hydrogen-bond donors (Lipinski definition) is 2. The summed E-state index contributed by atoms with van der Waals surface area (Å²) in [5.41, 5.74) is 10.3. The molecule has 10 nitrogen and oxygen atoms in total. The van der Waals surface area contributed by atoms with Crippen LogP contribution in [0, 0.1) is 28.6 Å². The second kappa shape index (κ2) is 20.8. The minimum Gasteiger partial charge on any atom is -0.461 e. The lowest BCUT2D eigenvalue weighted by atomic mass is 9.53. The predicted octanol–water partition coefficient (Wildman–Crippen LogP) is 8.46. The van der Waals surface area contributed by atoms with Crippen LogP contribution in [0.25, 0.3) is 0 Å². The summed E-state index contributed by atoms with van der Waals surface area (Å²) in [7, 11) is 1.80. The minimum absolute atomic E-state index is 0.00179. The molecule has 0 aliphatic heterocycles. The maximum absolute atomic E-state index is 13.9. The van der Waals surface area contributed by atoms with E-state index in [1.54, 1.807) is 19.2 Å². The first-order valence-corrected chi connectivity index (χ1v) is 21.2. The van der Waals surface area contributed by atoms with E-state index < -0.39 is 17.1 Å². The summed E-state index contributed by atoms with van der Waals surface area (Å²) in [6.07, 6.45) is 12.3. The molecular weight excluding hydrogens is 703 g/mol. The number of aliphatic imine (C=N–C) groups is 1. The van der Waals surface area contributed by atoms with Crippen LogP contribution in [0.1, 0.15) is 149 Å².